The smallest absolute Gasteiger partial charge is 0.321 e. The van der Waals surface area contributed by atoms with Crippen molar-refractivity contribution in [1.82, 2.24) is 9.80 Å². The number of halogens is 1. The molecule has 2 aliphatic heterocycles. The molecule has 31 heavy (non-hydrogen) atoms. The Morgan fingerprint density at radius 2 is 2.00 bits per heavy atom. The maximum Gasteiger partial charge on any atom is 0.321 e. The lowest BCUT2D eigenvalue weighted by Gasteiger charge is -2.38. The molecule has 4 atom stereocenters. The van der Waals surface area contributed by atoms with Crippen molar-refractivity contribution in [1.29, 1.82) is 0 Å². The lowest BCUT2D eigenvalue weighted by atomic mass is 9.93. The Morgan fingerprint density at radius 3 is 2.68 bits per heavy atom. The molecule has 0 amide bonds. The second-order valence-corrected chi connectivity index (χ2v) is 9.48. The molecule has 1 aromatic carbocycles. The third-order valence-electron chi connectivity index (χ3n) is 6.57. The van der Waals surface area contributed by atoms with Crippen LogP contribution in [0.15, 0.2) is 35.9 Å². The normalized spacial score (nSPS) is 29.9. The number of carboxylic acids is 1. The molecule has 2 unspecified atom stereocenters. The summed E-state index contributed by atoms with van der Waals surface area (Å²) in [6, 6.07) is 5.17. The van der Waals surface area contributed by atoms with E-state index in [4.69, 9.17) is 12.6 Å². The number of rotatable bonds is 7. The van der Waals surface area contributed by atoms with E-state index < -0.39 is 24.2 Å². The number of likely N-dealkylation sites (tertiary alicyclic amines) is 2. The Morgan fingerprint density at radius 1 is 1.26 bits per heavy atom. The lowest BCUT2D eigenvalue weighted by molar-refractivity contribution is -0.142. The molecule has 3 aliphatic rings. The highest BCUT2D eigenvalue weighted by molar-refractivity contribution is 7.81. The van der Waals surface area contributed by atoms with Gasteiger partial charge in [-0.1, -0.05) is 24.3 Å². The fraction of sp³-hybridized carbons (Fsp3) is 0.565. The van der Waals surface area contributed by atoms with Crippen LogP contribution in [0.5, 0.6) is 0 Å². The van der Waals surface area contributed by atoms with Crippen LogP contribution < -0.4 is 0 Å². The number of β-amino-alcohol motifs (C(OH)–C–C–N with tert-alkyl or cyclic N) is 1. The summed E-state index contributed by atoms with van der Waals surface area (Å²) < 4.78 is 14.6. The van der Waals surface area contributed by atoms with Crippen LogP contribution in [-0.4, -0.2) is 75.3 Å². The van der Waals surface area contributed by atoms with Crippen LogP contribution in [0.25, 0.3) is 0 Å². The maximum absolute atomic E-state index is 14.6. The molecule has 0 spiro atoms. The molecule has 0 aromatic heterocycles. The van der Waals surface area contributed by atoms with E-state index >= 15 is 0 Å². The maximum atomic E-state index is 14.6. The largest absolute Gasteiger partial charge is 0.480 e. The summed E-state index contributed by atoms with van der Waals surface area (Å²) in [5.74, 6) is -1.21. The summed E-state index contributed by atoms with van der Waals surface area (Å²) in [6.07, 6.45) is 4.00. The highest BCUT2D eigenvalue weighted by Gasteiger charge is 2.41. The fourth-order valence-electron chi connectivity index (χ4n) is 4.70. The minimum absolute atomic E-state index is 0.00403. The first-order valence-corrected chi connectivity index (χ1v) is 11.4. The Bertz CT molecular complexity index is 875. The number of ketones is 1. The predicted molar refractivity (Wildman–Crippen MR) is 118 cm³/mol. The molecule has 0 bridgehead atoms. The van der Waals surface area contributed by atoms with Crippen LogP contribution in [0, 0.1) is 11.7 Å². The van der Waals surface area contributed by atoms with Gasteiger partial charge < -0.3 is 10.2 Å². The zero-order chi connectivity index (χ0) is 22.1. The number of aliphatic hydroxyl groups excluding tert-OH is 1. The third-order valence-corrected chi connectivity index (χ3v) is 7.16. The van der Waals surface area contributed by atoms with Gasteiger partial charge in [0.25, 0.3) is 0 Å². The van der Waals surface area contributed by atoms with Crippen molar-refractivity contribution < 1.29 is 24.2 Å². The van der Waals surface area contributed by atoms with Crippen LogP contribution in [0.4, 0.5) is 4.39 Å². The van der Waals surface area contributed by atoms with Gasteiger partial charge >= 0.3 is 5.97 Å². The van der Waals surface area contributed by atoms with Gasteiger partial charge in [0.2, 0.25) is 0 Å². The summed E-state index contributed by atoms with van der Waals surface area (Å²) >= 11 is 4.70. The van der Waals surface area contributed by atoms with Gasteiger partial charge in [0, 0.05) is 49.3 Å². The van der Waals surface area contributed by atoms with Crippen molar-refractivity contribution in [3.63, 3.8) is 0 Å². The van der Waals surface area contributed by atoms with Crippen LogP contribution in [0.2, 0.25) is 0 Å². The number of hydrogen-bond acceptors (Lipinski definition) is 6. The van der Waals surface area contributed by atoms with E-state index in [1.54, 1.807) is 23.1 Å². The Hall–Kier alpha value is -1.74. The average Bonchev–Trinajstić information content (AvgIpc) is 3.52. The molecular weight excluding hydrogens is 419 g/mol. The summed E-state index contributed by atoms with van der Waals surface area (Å²) in [4.78, 5) is 28.4. The number of aliphatic carboxylic acids is 1. The third kappa shape index (κ3) is 5.03. The molecule has 168 valence electrons. The van der Waals surface area contributed by atoms with Crippen LogP contribution in [0.3, 0.4) is 0 Å². The molecular formula is C23H29FN2O4S. The molecule has 0 radical (unpaired) electrons. The molecule has 1 aliphatic carbocycles. The fourth-order valence-corrected chi connectivity index (χ4v) is 5.01. The summed E-state index contributed by atoms with van der Waals surface area (Å²) in [6.45, 7) is 1.85. The monoisotopic (exact) mass is 448 g/mol. The zero-order valence-electron chi connectivity index (χ0n) is 17.4. The van der Waals surface area contributed by atoms with Crippen LogP contribution >= 0.6 is 12.6 Å². The number of Topliss-reactive ketones (excluding diaryl/α,β-unsaturated/α-hetero) is 1. The van der Waals surface area contributed by atoms with Gasteiger partial charge in [-0.3, -0.25) is 19.4 Å². The van der Waals surface area contributed by atoms with Crippen molar-refractivity contribution >= 4 is 24.4 Å². The summed E-state index contributed by atoms with van der Waals surface area (Å²) in [5.41, 5.74) is 1.43. The molecule has 2 heterocycles. The number of nitrogens with zero attached hydrogens (tertiary/aromatic N) is 2. The number of thiol groups is 1. The van der Waals surface area contributed by atoms with Crippen LogP contribution in [0.1, 0.15) is 37.3 Å². The van der Waals surface area contributed by atoms with Crippen molar-refractivity contribution in [3.05, 3.63) is 47.3 Å². The number of benzene rings is 1. The Kier molecular flexibility index (Phi) is 6.81. The van der Waals surface area contributed by atoms with Gasteiger partial charge in [-0.15, -0.1) is 0 Å². The highest BCUT2D eigenvalue weighted by atomic mass is 32.1. The first-order chi connectivity index (χ1) is 14.8. The van der Waals surface area contributed by atoms with Crippen molar-refractivity contribution in [2.24, 2.45) is 5.92 Å². The van der Waals surface area contributed by atoms with Crippen molar-refractivity contribution in [2.75, 3.05) is 26.2 Å². The first kappa shape index (κ1) is 22.5. The second-order valence-electron chi connectivity index (χ2n) is 8.85. The van der Waals surface area contributed by atoms with E-state index in [-0.39, 0.29) is 29.2 Å². The number of piperidine rings is 1. The number of carbonyl (C=O) groups is 2. The van der Waals surface area contributed by atoms with Crippen molar-refractivity contribution in [2.45, 2.75) is 49.1 Å². The predicted octanol–water partition coefficient (Wildman–Crippen LogP) is 2.30. The van der Waals surface area contributed by atoms with E-state index in [1.807, 2.05) is 11.0 Å². The van der Waals surface area contributed by atoms with Gasteiger partial charge in [-0.05, 0) is 30.9 Å². The molecule has 1 saturated carbocycles. The molecule has 6 nitrogen and oxygen atoms in total. The highest BCUT2D eigenvalue weighted by Crippen LogP contribution is 2.39. The van der Waals surface area contributed by atoms with Gasteiger partial charge in [-0.25, -0.2) is 4.39 Å². The van der Waals surface area contributed by atoms with Crippen molar-refractivity contribution in [3.8, 4) is 0 Å². The molecule has 3 fully saturated rings. The van der Waals surface area contributed by atoms with Gasteiger partial charge in [0.05, 0.1) is 12.1 Å². The molecule has 8 heteroatoms. The molecule has 1 aromatic rings. The number of carboxylic acid groups (broad SMARTS) is 1. The zero-order valence-corrected chi connectivity index (χ0v) is 18.3. The standard InChI is InChI=1S/C23H29FN2O4S/c24-18-4-2-1-3-17(18)21(22(28)14-5-6-14)26-10-8-20(31)15(12-26)7-9-25-13-16(27)11-19(25)23(29)30/h1-4,7,14,16,19-21,27,31H,5-6,8-13H2,(H,29,30)/b15-7-/t16-,19+,20?,21?/m1/s1. The lowest BCUT2D eigenvalue weighted by Crippen LogP contribution is -2.43. The number of carbonyl (C=O) groups excluding carboxylic acids is 1. The Labute approximate surface area is 187 Å². The van der Waals surface area contributed by atoms with E-state index in [0.717, 1.165) is 24.8 Å². The topological polar surface area (TPSA) is 81.1 Å². The van der Waals surface area contributed by atoms with Gasteiger partial charge in [0.1, 0.15) is 11.9 Å². The summed E-state index contributed by atoms with van der Waals surface area (Å²) in [7, 11) is 0. The second kappa shape index (κ2) is 9.40. The van der Waals surface area contributed by atoms with Gasteiger partial charge in [-0.2, -0.15) is 12.6 Å². The number of aliphatic hydroxyl groups is 1. The molecule has 2 saturated heterocycles. The summed E-state index contributed by atoms with van der Waals surface area (Å²) in [5, 5.41) is 19.3. The molecule has 2 N–H and O–H groups in total. The number of hydrogen-bond donors (Lipinski definition) is 3. The van der Waals surface area contributed by atoms with E-state index in [2.05, 4.69) is 0 Å². The Balaban J connectivity index is 1.53. The SMILES string of the molecule is O=C(C1CC1)C(c1ccccc1F)N1CCC(S)/C(=C\CN2C[C@H](O)C[C@H]2C(=O)O)C1. The quantitative estimate of drug-likeness (QED) is 0.439. The van der Waals surface area contributed by atoms with Gasteiger partial charge in [0.15, 0.2) is 5.78 Å². The minimum atomic E-state index is -0.933. The van der Waals surface area contributed by atoms with E-state index in [0.29, 0.717) is 31.7 Å². The average molecular weight is 449 g/mol. The van der Waals surface area contributed by atoms with E-state index in [9.17, 15) is 24.2 Å². The first-order valence-electron chi connectivity index (χ1n) is 10.9. The minimum Gasteiger partial charge on any atom is -0.480 e. The molecule has 4 rings (SSSR count). The van der Waals surface area contributed by atoms with E-state index in [1.165, 1.54) is 6.07 Å². The van der Waals surface area contributed by atoms with Crippen LogP contribution in [-0.2, 0) is 9.59 Å².